The Bertz CT molecular complexity index is 2620. The van der Waals surface area contributed by atoms with Crippen LogP contribution in [0.1, 0.15) is 47.6 Å². The first-order valence-electron chi connectivity index (χ1n) is 18.6. The standard InChI is InChI=1S/C52H39N/c1-52(2)49-20-12-11-18-44(49)48-34-42(30-32-50(48)52)53(40-26-21-36(22-27-40)35-13-5-3-6-14-35)41-28-23-37(24-29-41)39-25-31-46-47(33-39)43-17-9-10-19-45(43)51(46)38-15-7-4-8-16-38/h3-34,51H,1-2H3. The molecule has 0 saturated heterocycles. The lowest BCUT2D eigenvalue weighted by atomic mass is 9.82. The number of fused-ring (bicyclic) bond motifs is 6. The highest BCUT2D eigenvalue weighted by molar-refractivity contribution is 5.88. The van der Waals surface area contributed by atoms with E-state index in [1.807, 2.05) is 0 Å². The highest BCUT2D eigenvalue weighted by Gasteiger charge is 2.35. The second-order valence-electron chi connectivity index (χ2n) is 14.9. The van der Waals surface area contributed by atoms with Crippen molar-refractivity contribution in [2.75, 3.05) is 4.90 Å². The minimum Gasteiger partial charge on any atom is -0.310 e. The zero-order chi connectivity index (χ0) is 35.5. The third kappa shape index (κ3) is 5.15. The minimum absolute atomic E-state index is 0.0360. The molecule has 252 valence electrons. The Balaban J connectivity index is 1.05. The zero-order valence-electron chi connectivity index (χ0n) is 30.0. The van der Waals surface area contributed by atoms with Crippen molar-refractivity contribution in [1.82, 2.24) is 0 Å². The van der Waals surface area contributed by atoms with E-state index in [2.05, 4.69) is 213 Å². The number of anilines is 3. The molecular weight excluding hydrogens is 639 g/mol. The predicted octanol–water partition coefficient (Wildman–Crippen LogP) is 14.0. The lowest BCUT2D eigenvalue weighted by Gasteiger charge is -2.27. The Hall–Kier alpha value is -6.44. The molecule has 2 aliphatic rings. The number of hydrogen-bond acceptors (Lipinski definition) is 1. The van der Waals surface area contributed by atoms with Gasteiger partial charge in [0.15, 0.2) is 0 Å². The van der Waals surface area contributed by atoms with E-state index < -0.39 is 0 Å². The summed E-state index contributed by atoms with van der Waals surface area (Å²) >= 11 is 0. The zero-order valence-corrected chi connectivity index (χ0v) is 30.0. The van der Waals surface area contributed by atoms with Crippen molar-refractivity contribution in [2.24, 2.45) is 0 Å². The van der Waals surface area contributed by atoms with E-state index in [0.29, 0.717) is 0 Å². The van der Waals surface area contributed by atoms with Gasteiger partial charge < -0.3 is 4.90 Å². The van der Waals surface area contributed by atoms with E-state index in [1.54, 1.807) is 0 Å². The molecule has 0 aliphatic heterocycles. The maximum absolute atomic E-state index is 2.40. The van der Waals surface area contributed by atoms with Crippen LogP contribution in [0.4, 0.5) is 17.1 Å². The summed E-state index contributed by atoms with van der Waals surface area (Å²) in [7, 11) is 0. The average molecular weight is 678 g/mol. The monoisotopic (exact) mass is 677 g/mol. The molecule has 1 heteroatoms. The summed E-state index contributed by atoms with van der Waals surface area (Å²) in [6.45, 7) is 4.69. The van der Waals surface area contributed by atoms with Crippen LogP contribution in [-0.4, -0.2) is 0 Å². The summed E-state index contributed by atoms with van der Waals surface area (Å²) in [5.41, 5.74) is 20.4. The van der Waals surface area contributed by atoms with E-state index in [4.69, 9.17) is 0 Å². The SMILES string of the molecule is CC1(C)c2ccccc2-c2cc(N(c3ccc(-c4ccccc4)cc3)c3ccc(-c4ccc5c(c4)-c4ccccc4C5c4ccccc4)cc3)ccc21. The first kappa shape index (κ1) is 31.3. The Labute approximate surface area is 312 Å². The average Bonchev–Trinajstić information content (AvgIpc) is 3.67. The van der Waals surface area contributed by atoms with Gasteiger partial charge in [0.25, 0.3) is 0 Å². The molecule has 53 heavy (non-hydrogen) atoms. The van der Waals surface area contributed by atoms with Crippen LogP contribution in [0.25, 0.3) is 44.5 Å². The van der Waals surface area contributed by atoms with Gasteiger partial charge in [0, 0.05) is 28.4 Å². The number of hydrogen-bond donors (Lipinski definition) is 0. The second-order valence-corrected chi connectivity index (χ2v) is 14.9. The Kier molecular flexibility index (Phi) is 7.30. The van der Waals surface area contributed by atoms with Crippen LogP contribution in [0.2, 0.25) is 0 Å². The van der Waals surface area contributed by atoms with Gasteiger partial charge in [0.05, 0.1) is 0 Å². The van der Waals surface area contributed by atoms with Crippen molar-refractivity contribution in [3.63, 3.8) is 0 Å². The van der Waals surface area contributed by atoms with Gasteiger partial charge in [-0.3, -0.25) is 0 Å². The third-order valence-electron chi connectivity index (χ3n) is 11.6. The number of benzene rings is 8. The Morgan fingerprint density at radius 1 is 0.358 bits per heavy atom. The van der Waals surface area contributed by atoms with Crippen LogP contribution in [0.5, 0.6) is 0 Å². The van der Waals surface area contributed by atoms with Gasteiger partial charge in [-0.2, -0.15) is 0 Å². The van der Waals surface area contributed by atoms with Crippen molar-refractivity contribution in [2.45, 2.75) is 25.2 Å². The van der Waals surface area contributed by atoms with Crippen LogP contribution < -0.4 is 4.90 Å². The van der Waals surface area contributed by atoms with Gasteiger partial charge >= 0.3 is 0 Å². The minimum atomic E-state index is -0.0360. The normalized spacial score (nSPS) is 14.6. The van der Waals surface area contributed by atoms with E-state index in [1.165, 1.54) is 72.3 Å². The molecule has 8 aromatic carbocycles. The van der Waals surface area contributed by atoms with Crippen LogP contribution in [0.15, 0.2) is 194 Å². The van der Waals surface area contributed by atoms with Gasteiger partial charge in [-0.1, -0.05) is 166 Å². The van der Waals surface area contributed by atoms with Gasteiger partial charge in [-0.05, 0) is 115 Å². The summed E-state index contributed by atoms with van der Waals surface area (Å²) in [5, 5.41) is 0. The van der Waals surface area contributed by atoms with Crippen LogP contribution in [-0.2, 0) is 5.41 Å². The van der Waals surface area contributed by atoms with Crippen molar-refractivity contribution < 1.29 is 0 Å². The highest BCUT2D eigenvalue weighted by atomic mass is 15.1. The second kappa shape index (κ2) is 12.4. The molecule has 0 spiro atoms. The summed E-state index contributed by atoms with van der Waals surface area (Å²) in [6.07, 6.45) is 0. The van der Waals surface area contributed by atoms with E-state index in [-0.39, 0.29) is 11.3 Å². The first-order valence-corrected chi connectivity index (χ1v) is 18.6. The molecule has 0 amide bonds. The molecule has 0 bridgehead atoms. The van der Waals surface area contributed by atoms with Crippen molar-refractivity contribution in [1.29, 1.82) is 0 Å². The smallest absolute Gasteiger partial charge is 0.0468 e. The fourth-order valence-electron chi connectivity index (χ4n) is 8.92. The molecule has 10 rings (SSSR count). The summed E-state index contributed by atoms with van der Waals surface area (Å²) in [6, 6.07) is 71.5. The maximum atomic E-state index is 2.40. The van der Waals surface area contributed by atoms with Crippen molar-refractivity contribution >= 4 is 17.1 Å². The molecule has 2 aliphatic carbocycles. The van der Waals surface area contributed by atoms with Crippen LogP contribution >= 0.6 is 0 Å². The molecule has 1 atom stereocenters. The van der Waals surface area contributed by atoms with Crippen molar-refractivity contribution in [3.8, 4) is 44.5 Å². The molecular formula is C52H39N. The Morgan fingerprint density at radius 2 is 0.868 bits per heavy atom. The third-order valence-corrected chi connectivity index (χ3v) is 11.6. The summed E-state index contributed by atoms with van der Waals surface area (Å²) < 4.78 is 0. The maximum Gasteiger partial charge on any atom is 0.0468 e. The van der Waals surface area contributed by atoms with Gasteiger partial charge in [0.2, 0.25) is 0 Å². The van der Waals surface area contributed by atoms with Crippen LogP contribution in [0, 0.1) is 0 Å². The van der Waals surface area contributed by atoms with Gasteiger partial charge in [-0.15, -0.1) is 0 Å². The lowest BCUT2D eigenvalue weighted by molar-refractivity contribution is 0.660. The quantitative estimate of drug-likeness (QED) is 0.169. The molecule has 1 unspecified atom stereocenters. The molecule has 0 N–H and O–H groups in total. The number of rotatable bonds is 6. The fourth-order valence-corrected chi connectivity index (χ4v) is 8.92. The van der Waals surface area contributed by atoms with Crippen LogP contribution in [0.3, 0.4) is 0 Å². The molecule has 0 aromatic heterocycles. The predicted molar refractivity (Wildman–Crippen MR) is 222 cm³/mol. The van der Waals surface area contributed by atoms with Crippen molar-refractivity contribution in [3.05, 3.63) is 222 Å². The summed E-state index contributed by atoms with van der Waals surface area (Å²) in [5.74, 6) is 0.255. The topological polar surface area (TPSA) is 3.24 Å². The largest absolute Gasteiger partial charge is 0.310 e. The molecule has 0 fully saturated rings. The van der Waals surface area contributed by atoms with Gasteiger partial charge in [0.1, 0.15) is 0 Å². The molecule has 8 aromatic rings. The molecule has 0 heterocycles. The van der Waals surface area contributed by atoms with E-state index in [0.717, 1.165) is 17.1 Å². The lowest BCUT2D eigenvalue weighted by Crippen LogP contribution is -2.15. The molecule has 0 radical (unpaired) electrons. The summed E-state index contributed by atoms with van der Waals surface area (Å²) in [4.78, 5) is 2.40. The van der Waals surface area contributed by atoms with Gasteiger partial charge in [-0.25, -0.2) is 0 Å². The first-order chi connectivity index (χ1) is 26.0. The highest BCUT2D eigenvalue weighted by Crippen LogP contribution is 2.51. The van der Waals surface area contributed by atoms with E-state index in [9.17, 15) is 0 Å². The fraction of sp³-hybridized carbons (Fsp3) is 0.0769. The molecule has 1 nitrogen and oxygen atoms in total. The number of nitrogens with zero attached hydrogens (tertiary/aromatic N) is 1. The van der Waals surface area contributed by atoms with E-state index >= 15 is 0 Å². The Morgan fingerprint density at radius 3 is 1.58 bits per heavy atom. The molecule has 0 saturated carbocycles.